The van der Waals surface area contributed by atoms with Gasteiger partial charge in [0.15, 0.2) is 5.96 Å². The maximum absolute atomic E-state index is 5.56. The van der Waals surface area contributed by atoms with E-state index in [0.717, 1.165) is 30.2 Å². The highest BCUT2D eigenvalue weighted by atomic mass is 127. The van der Waals surface area contributed by atoms with Crippen molar-refractivity contribution in [1.82, 2.24) is 15.6 Å². The first-order valence-corrected chi connectivity index (χ1v) is 8.75. The number of rotatable bonds is 10. The molecule has 0 fully saturated rings. The van der Waals surface area contributed by atoms with E-state index in [0.29, 0.717) is 32.3 Å². The third-order valence-electron chi connectivity index (χ3n) is 3.70. The highest BCUT2D eigenvalue weighted by molar-refractivity contribution is 14.0. The van der Waals surface area contributed by atoms with E-state index in [1.54, 1.807) is 20.4 Å². The Bertz CT molecular complexity index is 674. The molecule has 150 valence electrons. The largest absolute Gasteiger partial charge is 0.444 e. The van der Waals surface area contributed by atoms with Gasteiger partial charge in [-0.15, -0.1) is 24.0 Å². The van der Waals surface area contributed by atoms with Gasteiger partial charge in [0, 0.05) is 32.9 Å². The second kappa shape index (κ2) is 13.5. The van der Waals surface area contributed by atoms with Crippen LogP contribution in [0.5, 0.6) is 0 Å². The Labute approximate surface area is 178 Å². The molecular formula is C19H29IN4O3. The summed E-state index contributed by atoms with van der Waals surface area (Å²) in [5, 5.41) is 6.47. The Balaban J connectivity index is 0.00000364. The summed E-state index contributed by atoms with van der Waals surface area (Å²) < 4.78 is 15.9. The average molecular weight is 488 g/mol. The monoisotopic (exact) mass is 488 g/mol. The summed E-state index contributed by atoms with van der Waals surface area (Å²) >= 11 is 0. The second-order valence-electron chi connectivity index (χ2n) is 5.82. The summed E-state index contributed by atoms with van der Waals surface area (Å²) in [6.45, 7) is 5.31. The van der Waals surface area contributed by atoms with Gasteiger partial charge < -0.3 is 24.5 Å². The predicted octanol–water partition coefficient (Wildman–Crippen LogP) is 2.99. The van der Waals surface area contributed by atoms with Crippen molar-refractivity contribution in [2.75, 3.05) is 40.5 Å². The number of methoxy groups -OCH3 is 1. The van der Waals surface area contributed by atoms with Gasteiger partial charge in [0.1, 0.15) is 6.26 Å². The van der Waals surface area contributed by atoms with Crippen molar-refractivity contribution in [2.24, 2.45) is 4.99 Å². The molecule has 0 radical (unpaired) electrons. The molecule has 0 amide bonds. The lowest BCUT2D eigenvalue weighted by molar-refractivity contribution is 0.0698. The first kappa shape index (κ1) is 23.4. The predicted molar refractivity (Wildman–Crippen MR) is 118 cm³/mol. The van der Waals surface area contributed by atoms with Crippen LogP contribution >= 0.6 is 24.0 Å². The number of aromatic nitrogens is 1. The van der Waals surface area contributed by atoms with Gasteiger partial charge in [-0.1, -0.05) is 17.7 Å². The van der Waals surface area contributed by atoms with E-state index < -0.39 is 0 Å². The maximum Gasteiger partial charge on any atom is 0.226 e. The molecule has 0 bridgehead atoms. The molecule has 1 heterocycles. The van der Waals surface area contributed by atoms with Gasteiger partial charge in [0.2, 0.25) is 5.89 Å². The van der Waals surface area contributed by atoms with E-state index in [2.05, 4.69) is 27.5 Å². The van der Waals surface area contributed by atoms with Crippen LogP contribution in [0.2, 0.25) is 0 Å². The van der Waals surface area contributed by atoms with Gasteiger partial charge in [-0.3, -0.25) is 4.99 Å². The van der Waals surface area contributed by atoms with Crippen molar-refractivity contribution in [1.29, 1.82) is 0 Å². The second-order valence-corrected chi connectivity index (χ2v) is 5.82. The Morgan fingerprint density at radius 1 is 1.15 bits per heavy atom. The number of halogens is 1. The maximum atomic E-state index is 5.56. The van der Waals surface area contributed by atoms with Crippen LogP contribution in [0.4, 0.5) is 0 Å². The van der Waals surface area contributed by atoms with E-state index in [1.807, 2.05) is 24.3 Å². The molecule has 27 heavy (non-hydrogen) atoms. The quantitative estimate of drug-likeness (QED) is 0.232. The van der Waals surface area contributed by atoms with Crippen LogP contribution in [0.3, 0.4) is 0 Å². The van der Waals surface area contributed by atoms with Crippen molar-refractivity contribution in [3.8, 4) is 11.5 Å². The van der Waals surface area contributed by atoms with Crippen LogP contribution in [0.1, 0.15) is 17.7 Å². The molecule has 2 rings (SSSR count). The molecule has 1 aromatic heterocycles. The molecule has 0 spiro atoms. The standard InChI is InChI=1S/C19H28N4O3.HI/c1-15-5-7-16(8-6-15)18-23-17(14-26-18)13-22-19(20-2)21-9-4-10-25-12-11-24-3;/h5-8,14H,4,9-13H2,1-3H3,(H2,20,21,22);1H. The zero-order valence-corrected chi connectivity index (χ0v) is 18.5. The minimum Gasteiger partial charge on any atom is -0.444 e. The van der Waals surface area contributed by atoms with Crippen LogP contribution < -0.4 is 10.6 Å². The number of hydrogen-bond donors (Lipinski definition) is 2. The summed E-state index contributed by atoms with van der Waals surface area (Å²) in [6.07, 6.45) is 2.56. The molecule has 1 aromatic carbocycles. The van der Waals surface area contributed by atoms with Crippen molar-refractivity contribution >= 4 is 29.9 Å². The highest BCUT2D eigenvalue weighted by Gasteiger charge is 2.07. The van der Waals surface area contributed by atoms with Crippen LogP contribution in [-0.4, -0.2) is 51.5 Å². The van der Waals surface area contributed by atoms with Crippen molar-refractivity contribution in [3.05, 3.63) is 41.8 Å². The van der Waals surface area contributed by atoms with Crippen LogP contribution in [0.15, 0.2) is 39.9 Å². The van der Waals surface area contributed by atoms with Gasteiger partial charge in [-0.05, 0) is 25.5 Å². The van der Waals surface area contributed by atoms with Gasteiger partial charge in [0.25, 0.3) is 0 Å². The van der Waals surface area contributed by atoms with E-state index >= 15 is 0 Å². The molecule has 0 saturated heterocycles. The number of guanidine groups is 1. The minimum atomic E-state index is 0. The Morgan fingerprint density at radius 3 is 2.63 bits per heavy atom. The third kappa shape index (κ3) is 8.72. The number of ether oxygens (including phenoxy) is 2. The van der Waals surface area contributed by atoms with Crippen molar-refractivity contribution in [2.45, 2.75) is 19.9 Å². The number of nitrogens with one attached hydrogen (secondary N) is 2. The van der Waals surface area contributed by atoms with Crippen molar-refractivity contribution < 1.29 is 13.9 Å². The van der Waals surface area contributed by atoms with E-state index in [-0.39, 0.29) is 24.0 Å². The fraction of sp³-hybridized carbons (Fsp3) is 0.474. The summed E-state index contributed by atoms with van der Waals surface area (Å²) in [5.41, 5.74) is 3.01. The molecule has 7 nitrogen and oxygen atoms in total. The fourth-order valence-electron chi connectivity index (χ4n) is 2.24. The first-order chi connectivity index (χ1) is 12.7. The van der Waals surface area contributed by atoms with E-state index in [1.165, 1.54) is 5.56 Å². The lowest BCUT2D eigenvalue weighted by Crippen LogP contribution is -2.37. The molecule has 0 aliphatic heterocycles. The lowest BCUT2D eigenvalue weighted by atomic mass is 10.1. The van der Waals surface area contributed by atoms with Gasteiger partial charge in [0.05, 0.1) is 25.5 Å². The molecule has 0 atom stereocenters. The lowest BCUT2D eigenvalue weighted by Gasteiger charge is -2.10. The molecule has 2 aromatic rings. The van der Waals surface area contributed by atoms with Crippen LogP contribution in [0, 0.1) is 6.92 Å². The summed E-state index contributed by atoms with van der Waals surface area (Å²) in [6, 6.07) is 8.10. The zero-order valence-electron chi connectivity index (χ0n) is 16.2. The smallest absolute Gasteiger partial charge is 0.226 e. The SMILES string of the molecule is CN=C(NCCCOCCOC)NCc1coc(-c2ccc(C)cc2)n1.I. The summed E-state index contributed by atoms with van der Waals surface area (Å²) in [5.74, 6) is 1.35. The molecule has 0 aliphatic carbocycles. The Hall–Kier alpha value is -1.65. The number of oxazole rings is 1. The molecule has 8 heteroatoms. The molecular weight excluding hydrogens is 459 g/mol. The minimum absolute atomic E-state index is 0. The van der Waals surface area contributed by atoms with Gasteiger partial charge in [-0.2, -0.15) is 0 Å². The van der Waals surface area contributed by atoms with Crippen molar-refractivity contribution in [3.63, 3.8) is 0 Å². The van der Waals surface area contributed by atoms with Crippen LogP contribution in [0.25, 0.3) is 11.5 Å². The Morgan fingerprint density at radius 2 is 1.93 bits per heavy atom. The Kier molecular flexibility index (Phi) is 11.7. The normalized spacial score (nSPS) is 11.1. The third-order valence-corrected chi connectivity index (χ3v) is 3.70. The highest BCUT2D eigenvalue weighted by Crippen LogP contribution is 2.18. The van der Waals surface area contributed by atoms with E-state index in [4.69, 9.17) is 13.9 Å². The van der Waals surface area contributed by atoms with Crippen LogP contribution in [-0.2, 0) is 16.0 Å². The van der Waals surface area contributed by atoms with E-state index in [9.17, 15) is 0 Å². The van der Waals surface area contributed by atoms with Gasteiger partial charge >= 0.3 is 0 Å². The average Bonchev–Trinajstić information content (AvgIpc) is 3.13. The fourth-order valence-corrected chi connectivity index (χ4v) is 2.24. The number of aryl methyl sites for hydroxylation is 1. The number of nitrogens with zero attached hydrogens (tertiary/aromatic N) is 2. The zero-order chi connectivity index (χ0) is 18.6. The summed E-state index contributed by atoms with van der Waals surface area (Å²) in [4.78, 5) is 8.71. The first-order valence-electron chi connectivity index (χ1n) is 8.75. The number of aliphatic imine (C=N–C) groups is 1. The molecule has 2 N–H and O–H groups in total. The molecule has 0 unspecified atom stereocenters. The number of hydrogen-bond acceptors (Lipinski definition) is 5. The summed E-state index contributed by atoms with van der Waals surface area (Å²) in [7, 11) is 3.41. The number of benzene rings is 1. The molecule has 0 saturated carbocycles. The molecule has 0 aliphatic rings. The topological polar surface area (TPSA) is 80.9 Å². The van der Waals surface area contributed by atoms with Gasteiger partial charge in [-0.25, -0.2) is 4.98 Å².